The molecule has 0 aliphatic carbocycles. The number of carbonyl (C=O) groups is 1. The minimum atomic E-state index is -0.889. The summed E-state index contributed by atoms with van der Waals surface area (Å²) in [5.74, 6) is -0.889. The van der Waals surface area contributed by atoms with Crippen molar-refractivity contribution in [1.29, 1.82) is 0 Å². The topological polar surface area (TPSA) is 46.5 Å². The molecule has 0 radical (unpaired) electrons. The van der Waals surface area contributed by atoms with Crippen LogP contribution in [0.15, 0.2) is 12.1 Å². The Balaban J connectivity index is 3.83. The van der Waals surface area contributed by atoms with Gasteiger partial charge in [-0.2, -0.15) is 5.26 Å². The molecule has 3 nitrogen and oxygen atoms in total. The van der Waals surface area contributed by atoms with Crippen LogP contribution in [0.3, 0.4) is 0 Å². The zero-order valence-corrected chi connectivity index (χ0v) is 3.84. The second-order valence-electron chi connectivity index (χ2n) is 1.06. The van der Waals surface area contributed by atoms with Crippen LogP contribution in [0.1, 0.15) is 8.29 Å². The van der Waals surface area contributed by atoms with Crippen molar-refractivity contribution in [2.24, 2.45) is 0 Å². The predicted molar refractivity (Wildman–Crippen MR) is 23.5 cm³/mol. The molecule has 0 aromatic rings. The summed E-state index contributed by atoms with van der Waals surface area (Å²) in [4.78, 5) is 13.4. The van der Waals surface area contributed by atoms with Gasteiger partial charge in [-0.1, -0.05) is 6.55 Å². The molecule has 0 bridgehead atoms. The van der Waals surface area contributed by atoms with Crippen molar-refractivity contribution < 1.29 is 16.3 Å². The van der Waals surface area contributed by atoms with Gasteiger partial charge in [-0.3, -0.25) is 4.89 Å². The molecular formula is C4H6O3. The quantitative estimate of drug-likeness (QED) is 0.300. The summed E-state index contributed by atoms with van der Waals surface area (Å²) >= 11 is 0. The lowest BCUT2D eigenvalue weighted by Gasteiger charge is -1.88. The third-order valence-electron chi connectivity index (χ3n) is 0.405. The maximum atomic E-state index is 10.1. The van der Waals surface area contributed by atoms with Gasteiger partial charge in [-0.25, -0.2) is 4.79 Å². The van der Waals surface area contributed by atoms with E-state index < -0.39 is 5.97 Å². The third kappa shape index (κ3) is 1.94. The predicted octanol–water partition coefficient (Wildman–Crippen LogP) is 0.579. The molecule has 0 heterocycles. The van der Waals surface area contributed by atoms with Gasteiger partial charge in [0, 0.05) is 5.57 Å². The second kappa shape index (κ2) is 2.36. The summed E-state index contributed by atoms with van der Waals surface area (Å²) in [5, 5.41) is 7.66. The molecule has 0 aliphatic rings. The van der Waals surface area contributed by atoms with E-state index >= 15 is 0 Å². The Hall–Kier alpha value is -0.830. The van der Waals surface area contributed by atoms with Crippen LogP contribution in [-0.2, 0) is 9.68 Å². The number of carbonyl (C=O) groups excluding carboxylic acids is 1. The summed E-state index contributed by atoms with van der Waals surface area (Å²) in [5.41, 5.74) is 0.0625. The van der Waals surface area contributed by atoms with Gasteiger partial charge in [0.15, 0.2) is 0 Å². The summed E-state index contributed by atoms with van der Waals surface area (Å²) < 4.78 is 6.47. The van der Waals surface area contributed by atoms with Crippen molar-refractivity contribution in [3.8, 4) is 0 Å². The molecule has 3 heteroatoms. The van der Waals surface area contributed by atoms with Crippen LogP contribution in [0.4, 0.5) is 0 Å². The lowest BCUT2D eigenvalue weighted by molar-refractivity contribution is -0.229. The molecule has 0 spiro atoms. The maximum Gasteiger partial charge on any atom is 0.367 e. The van der Waals surface area contributed by atoms with E-state index in [0.717, 1.165) is 6.55 Å². The minimum Gasteiger partial charge on any atom is -0.296 e. The molecule has 40 valence electrons. The molecule has 0 unspecified atom stereocenters. The van der Waals surface area contributed by atoms with Crippen molar-refractivity contribution in [2.75, 3.05) is 0 Å². The Morgan fingerprint density at radius 2 is 2.71 bits per heavy atom. The van der Waals surface area contributed by atoms with Crippen molar-refractivity contribution in [2.45, 2.75) is 6.92 Å². The third-order valence-corrected chi connectivity index (χ3v) is 0.405. The van der Waals surface area contributed by atoms with E-state index in [4.69, 9.17) is 6.63 Å². The Bertz CT molecular complexity index is 118. The van der Waals surface area contributed by atoms with Crippen molar-refractivity contribution in [1.82, 2.24) is 0 Å². The van der Waals surface area contributed by atoms with E-state index in [0.29, 0.717) is 0 Å². The van der Waals surface area contributed by atoms with Crippen LogP contribution < -0.4 is 0 Å². The first-order valence-corrected chi connectivity index (χ1v) is 1.63. The SMILES string of the molecule is [2H]C=C(C)C(=O)OO. The lowest BCUT2D eigenvalue weighted by atomic mass is 10.4. The smallest absolute Gasteiger partial charge is 0.296 e. The van der Waals surface area contributed by atoms with E-state index in [-0.39, 0.29) is 5.57 Å². The van der Waals surface area contributed by atoms with Gasteiger partial charge in [0.05, 0.1) is 1.37 Å². The fraction of sp³-hybridized carbons (Fsp3) is 0.250. The van der Waals surface area contributed by atoms with Gasteiger partial charge < -0.3 is 0 Å². The molecule has 0 aromatic heterocycles. The zero-order chi connectivity index (χ0) is 6.57. The van der Waals surface area contributed by atoms with Crippen LogP contribution in [0.25, 0.3) is 0 Å². The molecule has 0 fully saturated rings. The van der Waals surface area contributed by atoms with Gasteiger partial charge in [-0.05, 0) is 6.92 Å². The lowest BCUT2D eigenvalue weighted by Crippen LogP contribution is -1.99. The first-order chi connectivity index (χ1) is 3.72. The standard InChI is InChI=1S/C4H6O3/c1-3(2)4(5)7-6/h6H,1H2,2H3/i1D. The highest BCUT2D eigenvalue weighted by Gasteiger charge is 1.98. The highest BCUT2D eigenvalue weighted by molar-refractivity contribution is 5.86. The van der Waals surface area contributed by atoms with E-state index in [1.807, 2.05) is 0 Å². The molecule has 0 amide bonds. The molecule has 0 atom stereocenters. The Morgan fingerprint density at radius 3 is 2.86 bits per heavy atom. The molecule has 0 aromatic carbocycles. The van der Waals surface area contributed by atoms with Gasteiger partial charge in [0.25, 0.3) is 0 Å². The fourth-order valence-electron chi connectivity index (χ4n) is 0.0720. The highest BCUT2D eigenvalue weighted by Crippen LogP contribution is 1.86. The Labute approximate surface area is 42.5 Å². The molecule has 0 saturated heterocycles. The first kappa shape index (κ1) is 4.33. The molecule has 0 rings (SSSR count). The molecule has 7 heavy (non-hydrogen) atoms. The largest absolute Gasteiger partial charge is 0.367 e. The van der Waals surface area contributed by atoms with Gasteiger partial charge in [0.1, 0.15) is 0 Å². The summed E-state index contributed by atoms with van der Waals surface area (Å²) in [6, 6.07) is 0. The molecule has 0 aliphatic heterocycles. The molecular weight excluding hydrogens is 96.0 g/mol. The number of rotatable bonds is 1. The van der Waals surface area contributed by atoms with Crippen molar-refractivity contribution in [3.63, 3.8) is 0 Å². The number of hydrogen-bond donors (Lipinski definition) is 1. The van der Waals surface area contributed by atoms with Crippen LogP contribution in [0.5, 0.6) is 0 Å². The second-order valence-corrected chi connectivity index (χ2v) is 1.06. The molecule has 1 N–H and O–H groups in total. The Kier molecular flexibility index (Phi) is 1.46. The van der Waals surface area contributed by atoms with E-state index in [9.17, 15) is 4.79 Å². The fourth-order valence-corrected chi connectivity index (χ4v) is 0.0720. The normalized spacial score (nSPS) is 12.9. The maximum absolute atomic E-state index is 10.1. The van der Waals surface area contributed by atoms with Crippen molar-refractivity contribution in [3.05, 3.63) is 12.1 Å². The first-order valence-electron chi connectivity index (χ1n) is 2.21. The summed E-state index contributed by atoms with van der Waals surface area (Å²) in [6.45, 7) is 2.17. The van der Waals surface area contributed by atoms with Crippen molar-refractivity contribution >= 4 is 5.97 Å². The van der Waals surface area contributed by atoms with Gasteiger partial charge >= 0.3 is 5.97 Å². The van der Waals surface area contributed by atoms with E-state index in [1.165, 1.54) is 6.92 Å². The van der Waals surface area contributed by atoms with Gasteiger partial charge in [-0.15, -0.1) is 0 Å². The van der Waals surface area contributed by atoms with E-state index in [1.54, 1.807) is 0 Å². The minimum absolute atomic E-state index is 0.0625. The number of hydrogen-bond acceptors (Lipinski definition) is 3. The summed E-state index contributed by atoms with van der Waals surface area (Å²) in [7, 11) is 0. The zero-order valence-electron chi connectivity index (χ0n) is 4.84. The summed E-state index contributed by atoms with van der Waals surface area (Å²) in [6.07, 6.45) is 0. The van der Waals surface area contributed by atoms with Crippen LogP contribution in [0.2, 0.25) is 0 Å². The average Bonchev–Trinajstić information content (AvgIpc) is 1.84. The van der Waals surface area contributed by atoms with Crippen LogP contribution in [-0.4, -0.2) is 11.2 Å². The highest BCUT2D eigenvalue weighted by atomic mass is 17.1. The van der Waals surface area contributed by atoms with Gasteiger partial charge in [0.2, 0.25) is 0 Å². The molecule has 0 saturated carbocycles. The van der Waals surface area contributed by atoms with Crippen LogP contribution >= 0.6 is 0 Å². The average molecular weight is 103 g/mol. The van der Waals surface area contributed by atoms with E-state index in [2.05, 4.69) is 4.89 Å². The monoisotopic (exact) mass is 103 g/mol. The Morgan fingerprint density at radius 1 is 2.14 bits per heavy atom. The van der Waals surface area contributed by atoms with Crippen LogP contribution in [0, 0.1) is 0 Å².